The van der Waals surface area contributed by atoms with Crippen LogP contribution in [0.1, 0.15) is 55.8 Å². The van der Waals surface area contributed by atoms with Crippen molar-refractivity contribution in [3.05, 3.63) is 64.3 Å². The molecule has 176 valence electrons. The van der Waals surface area contributed by atoms with Crippen LogP contribution in [0.5, 0.6) is 5.75 Å². The summed E-state index contributed by atoms with van der Waals surface area (Å²) in [5, 5.41) is 16.7. The number of unbranched alkanes of at least 4 members (excludes halogenated alkanes) is 5. The van der Waals surface area contributed by atoms with E-state index in [2.05, 4.69) is 32.9 Å². The summed E-state index contributed by atoms with van der Waals surface area (Å²) in [7, 11) is 0. The highest BCUT2D eigenvalue weighted by atomic mass is 16.5. The molecule has 0 saturated heterocycles. The molecule has 4 rings (SSSR count). The highest BCUT2D eigenvalue weighted by molar-refractivity contribution is 6.08. The summed E-state index contributed by atoms with van der Waals surface area (Å²) in [5.74, 6) is 0.699. The minimum atomic E-state index is -0.331. The molecule has 4 aromatic rings. The first-order valence-electron chi connectivity index (χ1n) is 11.5. The van der Waals surface area contributed by atoms with Crippen LogP contribution >= 0.6 is 0 Å². The Hall–Kier alpha value is -4.01. The number of hydrogen-bond acceptors (Lipinski definition) is 7. The summed E-state index contributed by atoms with van der Waals surface area (Å²) in [6.07, 6.45) is 7.22. The summed E-state index contributed by atoms with van der Waals surface area (Å²) in [4.78, 5) is 25.4. The van der Waals surface area contributed by atoms with E-state index in [0.717, 1.165) is 18.6 Å². The van der Waals surface area contributed by atoms with Crippen molar-refractivity contribution in [1.82, 2.24) is 20.6 Å². The Bertz CT molecular complexity index is 1280. The number of tetrazole rings is 1. The average Bonchev–Trinajstić information content (AvgIpc) is 3.39. The minimum absolute atomic E-state index is 0.150. The SMILES string of the molecule is CCCCCCCCOc1ccc(C(=O)Nc2cccc3c(=O)cc(-c4nn[nH]n4)oc23)cc1. The zero-order chi connectivity index (χ0) is 23.8. The fourth-order valence-electron chi connectivity index (χ4n) is 3.62. The number of aromatic nitrogens is 4. The minimum Gasteiger partial charge on any atom is -0.494 e. The van der Waals surface area contributed by atoms with Gasteiger partial charge in [0.2, 0.25) is 5.82 Å². The van der Waals surface area contributed by atoms with Gasteiger partial charge >= 0.3 is 0 Å². The average molecular weight is 462 g/mol. The number of rotatable bonds is 11. The molecule has 2 aromatic carbocycles. The zero-order valence-electron chi connectivity index (χ0n) is 19.0. The number of nitrogens with one attached hydrogen (secondary N) is 2. The Balaban J connectivity index is 1.41. The molecule has 0 aliphatic rings. The molecule has 0 aliphatic carbocycles. The van der Waals surface area contributed by atoms with E-state index in [4.69, 9.17) is 9.15 Å². The van der Waals surface area contributed by atoms with Crippen molar-refractivity contribution in [3.63, 3.8) is 0 Å². The Labute approximate surface area is 196 Å². The first-order valence-corrected chi connectivity index (χ1v) is 11.5. The number of nitrogens with zero attached hydrogens (tertiary/aromatic N) is 3. The molecule has 34 heavy (non-hydrogen) atoms. The molecule has 0 radical (unpaired) electrons. The number of aromatic amines is 1. The van der Waals surface area contributed by atoms with Gasteiger partial charge in [-0.2, -0.15) is 5.21 Å². The number of carbonyl (C=O) groups is 1. The van der Waals surface area contributed by atoms with Gasteiger partial charge in [0.05, 0.1) is 17.7 Å². The maximum absolute atomic E-state index is 12.8. The van der Waals surface area contributed by atoms with Gasteiger partial charge in [0.25, 0.3) is 5.91 Å². The van der Waals surface area contributed by atoms with E-state index in [1.54, 1.807) is 42.5 Å². The molecule has 0 saturated carbocycles. The topological polar surface area (TPSA) is 123 Å². The number of ether oxygens (including phenoxy) is 1. The molecule has 0 aliphatic heterocycles. The maximum Gasteiger partial charge on any atom is 0.255 e. The van der Waals surface area contributed by atoms with E-state index in [1.165, 1.54) is 31.7 Å². The van der Waals surface area contributed by atoms with Gasteiger partial charge < -0.3 is 14.5 Å². The predicted octanol–water partition coefficient (Wildman–Crippen LogP) is 4.96. The zero-order valence-corrected chi connectivity index (χ0v) is 19.0. The van der Waals surface area contributed by atoms with Gasteiger partial charge in [-0.05, 0) is 48.0 Å². The van der Waals surface area contributed by atoms with Crippen molar-refractivity contribution in [2.24, 2.45) is 0 Å². The van der Waals surface area contributed by atoms with Gasteiger partial charge in [-0.1, -0.05) is 45.1 Å². The quantitative estimate of drug-likeness (QED) is 0.302. The Kier molecular flexibility index (Phi) is 7.64. The van der Waals surface area contributed by atoms with Gasteiger partial charge in [-0.3, -0.25) is 9.59 Å². The van der Waals surface area contributed by atoms with Crippen molar-refractivity contribution in [3.8, 4) is 17.3 Å². The number of carbonyl (C=O) groups excluding carboxylic acids is 1. The molecule has 0 spiro atoms. The van der Waals surface area contributed by atoms with Crippen molar-refractivity contribution < 1.29 is 13.9 Å². The lowest BCUT2D eigenvalue weighted by molar-refractivity contribution is 0.102. The van der Waals surface area contributed by atoms with Crippen molar-refractivity contribution >= 4 is 22.6 Å². The number of hydrogen-bond donors (Lipinski definition) is 2. The van der Waals surface area contributed by atoms with Crippen molar-refractivity contribution in [1.29, 1.82) is 0 Å². The fraction of sp³-hybridized carbons (Fsp3) is 0.320. The smallest absolute Gasteiger partial charge is 0.255 e. The molecule has 0 fully saturated rings. The maximum atomic E-state index is 12.8. The van der Waals surface area contributed by atoms with Gasteiger partial charge in [0.1, 0.15) is 5.75 Å². The van der Waals surface area contributed by atoms with Crippen LogP contribution in [0.4, 0.5) is 5.69 Å². The van der Waals surface area contributed by atoms with Crippen molar-refractivity contribution in [2.45, 2.75) is 45.4 Å². The normalized spacial score (nSPS) is 11.0. The molecular weight excluding hydrogens is 434 g/mol. The Morgan fingerprint density at radius 3 is 2.62 bits per heavy atom. The van der Waals surface area contributed by atoms with E-state index in [0.29, 0.717) is 23.2 Å². The Morgan fingerprint density at radius 1 is 1.06 bits per heavy atom. The van der Waals surface area contributed by atoms with Gasteiger partial charge in [0.15, 0.2) is 16.8 Å². The van der Waals surface area contributed by atoms with Crippen LogP contribution in [-0.2, 0) is 0 Å². The number of fused-ring (bicyclic) bond motifs is 1. The molecule has 1 amide bonds. The van der Waals surface area contributed by atoms with Crippen LogP contribution in [0.3, 0.4) is 0 Å². The second-order valence-corrected chi connectivity index (χ2v) is 7.99. The standard InChI is InChI=1S/C25H27N5O4/c1-2-3-4-5-6-7-15-33-18-13-11-17(12-14-18)25(32)26-20-10-8-9-19-21(31)16-22(34-23(19)20)24-27-29-30-28-24/h8-14,16H,2-7,15H2,1H3,(H,26,32)(H,27,28,29,30). The molecule has 9 heteroatoms. The highest BCUT2D eigenvalue weighted by Crippen LogP contribution is 2.26. The first kappa shape index (κ1) is 23.2. The Morgan fingerprint density at radius 2 is 1.85 bits per heavy atom. The number of anilines is 1. The van der Waals surface area contributed by atoms with Gasteiger partial charge in [0, 0.05) is 11.6 Å². The fourth-order valence-corrected chi connectivity index (χ4v) is 3.62. The number of H-pyrrole nitrogens is 1. The lowest BCUT2D eigenvalue weighted by atomic mass is 10.1. The molecule has 2 N–H and O–H groups in total. The summed E-state index contributed by atoms with van der Waals surface area (Å²) in [5.41, 5.74) is 0.792. The van der Waals surface area contributed by atoms with Crippen LogP contribution in [0, 0.1) is 0 Å². The van der Waals surface area contributed by atoms with Crippen LogP contribution in [0.2, 0.25) is 0 Å². The van der Waals surface area contributed by atoms with Crippen LogP contribution in [0.25, 0.3) is 22.6 Å². The lowest BCUT2D eigenvalue weighted by Crippen LogP contribution is -2.13. The third kappa shape index (κ3) is 5.67. The van der Waals surface area contributed by atoms with E-state index in [-0.39, 0.29) is 28.5 Å². The van der Waals surface area contributed by atoms with Gasteiger partial charge in [-0.15, -0.1) is 10.2 Å². The molecule has 0 unspecified atom stereocenters. The number of para-hydroxylation sites is 1. The van der Waals surface area contributed by atoms with Crippen molar-refractivity contribution in [2.75, 3.05) is 11.9 Å². The second-order valence-electron chi connectivity index (χ2n) is 7.99. The molecular formula is C25H27N5O4. The third-order valence-electron chi connectivity index (χ3n) is 5.45. The summed E-state index contributed by atoms with van der Waals surface area (Å²) < 4.78 is 11.6. The molecule has 2 aromatic heterocycles. The van der Waals surface area contributed by atoms with Crippen LogP contribution in [0.15, 0.2) is 57.7 Å². The largest absolute Gasteiger partial charge is 0.494 e. The van der Waals surface area contributed by atoms with E-state index in [1.807, 2.05) is 0 Å². The molecule has 9 nitrogen and oxygen atoms in total. The van der Waals surface area contributed by atoms with E-state index < -0.39 is 0 Å². The summed E-state index contributed by atoms with van der Waals surface area (Å²) in [6.45, 7) is 2.87. The molecule has 0 atom stereocenters. The van der Waals surface area contributed by atoms with Crippen LogP contribution < -0.4 is 15.5 Å². The summed E-state index contributed by atoms with van der Waals surface area (Å²) >= 11 is 0. The second kappa shape index (κ2) is 11.2. The number of amides is 1. The number of benzene rings is 2. The third-order valence-corrected chi connectivity index (χ3v) is 5.45. The first-order chi connectivity index (χ1) is 16.7. The molecule has 0 bridgehead atoms. The highest BCUT2D eigenvalue weighted by Gasteiger charge is 2.15. The summed E-state index contributed by atoms with van der Waals surface area (Å²) in [6, 6.07) is 13.3. The predicted molar refractivity (Wildman–Crippen MR) is 129 cm³/mol. The van der Waals surface area contributed by atoms with Gasteiger partial charge in [-0.25, -0.2) is 0 Å². The molecule has 2 heterocycles. The van der Waals surface area contributed by atoms with Crippen LogP contribution in [-0.4, -0.2) is 33.1 Å². The monoisotopic (exact) mass is 461 g/mol. The van der Waals surface area contributed by atoms with E-state index >= 15 is 0 Å². The lowest BCUT2D eigenvalue weighted by Gasteiger charge is -2.10. The van der Waals surface area contributed by atoms with E-state index in [9.17, 15) is 9.59 Å².